The predicted octanol–water partition coefficient (Wildman–Crippen LogP) is 5.86. The van der Waals surface area contributed by atoms with Crippen LogP contribution in [0.1, 0.15) is 42.4 Å². The molecular formula is C30H34N2O3. The SMILES string of the molecule is COc1ccc([C@H](CC(=O)N[C@@H](C)CCc2ccccc2)c2cn(C)c3ccccc23)cc1OC. The Kier molecular flexibility index (Phi) is 7.76. The van der Waals surface area contributed by atoms with Gasteiger partial charge in [-0.25, -0.2) is 0 Å². The van der Waals surface area contributed by atoms with E-state index < -0.39 is 0 Å². The lowest BCUT2D eigenvalue weighted by Gasteiger charge is -2.21. The molecule has 0 saturated carbocycles. The van der Waals surface area contributed by atoms with Gasteiger partial charge in [0.1, 0.15) is 0 Å². The van der Waals surface area contributed by atoms with E-state index in [4.69, 9.17) is 9.47 Å². The molecule has 0 bridgehead atoms. The summed E-state index contributed by atoms with van der Waals surface area (Å²) in [5, 5.41) is 4.38. The molecule has 182 valence electrons. The summed E-state index contributed by atoms with van der Waals surface area (Å²) in [7, 11) is 5.31. The van der Waals surface area contributed by atoms with Crippen LogP contribution in [-0.2, 0) is 18.3 Å². The fourth-order valence-electron chi connectivity index (χ4n) is 4.75. The molecule has 4 rings (SSSR count). The number of fused-ring (bicyclic) bond motifs is 1. The van der Waals surface area contributed by atoms with Gasteiger partial charge in [-0.15, -0.1) is 0 Å². The Morgan fingerprint density at radius 2 is 1.66 bits per heavy atom. The second-order valence-electron chi connectivity index (χ2n) is 9.08. The van der Waals surface area contributed by atoms with Gasteiger partial charge in [0.25, 0.3) is 0 Å². The normalized spacial score (nSPS) is 12.8. The monoisotopic (exact) mass is 470 g/mol. The van der Waals surface area contributed by atoms with E-state index in [9.17, 15) is 4.79 Å². The zero-order chi connectivity index (χ0) is 24.8. The van der Waals surface area contributed by atoms with E-state index in [-0.39, 0.29) is 17.9 Å². The Morgan fingerprint density at radius 3 is 2.40 bits per heavy atom. The molecule has 0 aliphatic carbocycles. The van der Waals surface area contributed by atoms with Gasteiger partial charge in [-0.3, -0.25) is 4.79 Å². The van der Waals surface area contributed by atoms with Crippen LogP contribution >= 0.6 is 0 Å². The van der Waals surface area contributed by atoms with Gasteiger partial charge >= 0.3 is 0 Å². The summed E-state index contributed by atoms with van der Waals surface area (Å²) in [5.74, 6) is 1.25. The van der Waals surface area contributed by atoms with Crippen molar-refractivity contribution in [2.75, 3.05) is 14.2 Å². The zero-order valence-corrected chi connectivity index (χ0v) is 21.0. The Balaban J connectivity index is 1.59. The molecule has 1 amide bonds. The maximum atomic E-state index is 13.3. The number of benzene rings is 3. The first-order valence-electron chi connectivity index (χ1n) is 12.1. The van der Waals surface area contributed by atoms with E-state index in [1.807, 2.05) is 43.4 Å². The third-order valence-electron chi connectivity index (χ3n) is 6.62. The third-order valence-corrected chi connectivity index (χ3v) is 6.62. The van der Waals surface area contributed by atoms with E-state index in [0.29, 0.717) is 17.9 Å². The molecule has 1 heterocycles. The maximum absolute atomic E-state index is 13.3. The average Bonchev–Trinajstić information content (AvgIpc) is 3.22. The third kappa shape index (κ3) is 5.68. The number of amides is 1. The largest absolute Gasteiger partial charge is 0.493 e. The Bertz CT molecular complexity index is 1280. The lowest BCUT2D eigenvalue weighted by molar-refractivity contribution is -0.121. The number of aromatic nitrogens is 1. The summed E-state index contributed by atoms with van der Waals surface area (Å²) in [4.78, 5) is 13.3. The number of nitrogens with one attached hydrogen (secondary N) is 1. The number of hydrogen-bond acceptors (Lipinski definition) is 3. The summed E-state index contributed by atoms with van der Waals surface area (Å²) < 4.78 is 13.1. The highest BCUT2D eigenvalue weighted by Crippen LogP contribution is 2.38. The summed E-state index contributed by atoms with van der Waals surface area (Å²) in [6, 6.07) is 24.7. The average molecular weight is 471 g/mol. The molecule has 0 saturated heterocycles. The van der Waals surface area contributed by atoms with Crippen molar-refractivity contribution in [2.24, 2.45) is 7.05 Å². The van der Waals surface area contributed by atoms with E-state index in [2.05, 4.69) is 59.4 Å². The van der Waals surface area contributed by atoms with E-state index in [1.54, 1.807) is 14.2 Å². The highest BCUT2D eigenvalue weighted by Gasteiger charge is 2.24. The lowest BCUT2D eigenvalue weighted by atomic mass is 9.87. The molecule has 0 aliphatic rings. The minimum Gasteiger partial charge on any atom is -0.493 e. The van der Waals surface area contributed by atoms with Crippen LogP contribution in [-0.4, -0.2) is 30.7 Å². The van der Waals surface area contributed by atoms with Gasteiger partial charge in [-0.1, -0.05) is 54.6 Å². The lowest BCUT2D eigenvalue weighted by Crippen LogP contribution is -2.33. The zero-order valence-electron chi connectivity index (χ0n) is 21.0. The Hall–Kier alpha value is -3.73. The van der Waals surface area contributed by atoms with Crippen LogP contribution in [0.3, 0.4) is 0 Å². The Labute approximate surface area is 207 Å². The van der Waals surface area contributed by atoms with Gasteiger partial charge in [0.15, 0.2) is 11.5 Å². The van der Waals surface area contributed by atoms with Gasteiger partial charge in [-0.2, -0.15) is 0 Å². The van der Waals surface area contributed by atoms with Gasteiger partial charge in [0, 0.05) is 42.5 Å². The molecule has 4 aromatic rings. The van der Waals surface area contributed by atoms with Crippen molar-refractivity contribution in [3.63, 3.8) is 0 Å². The minimum atomic E-state index is -0.123. The standard InChI is InChI=1S/C30H34N2O3/c1-21(14-15-22-10-6-5-7-11-22)31-30(33)19-25(23-16-17-28(34-3)29(18-23)35-4)26-20-32(2)27-13-9-8-12-24(26)27/h5-13,16-18,20-21,25H,14-15,19H2,1-4H3,(H,31,33)/t21-,25-/m0/s1. The maximum Gasteiger partial charge on any atom is 0.221 e. The molecule has 5 nitrogen and oxygen atoms in total. The molecule has 35 heavy (non-hydrogen) atoms. The van der Waals surface area contributed by atoms with E-state index in [1.165, 1.54) is 5.56 Å². The number of ether oxygens (including phenoxy) is 2. The second-order valence-corrected chi connectivity index (χ2v) is 9.08. The smallest absolute Gasteiger partial charge is 0.221 e. The van der Waals surface area contributed by atoms with Crippen LogP contribution in [0.25, 0.3) is 10.9 Å². The summed E-state index contributed by atoms with van der Waals surface area (Å²) in [5.41, 5.74) is 4.57. The number of rotatable bonds is 10. The number of hydrogen-bond donors (Lipinski definition) is 1. The molecule has 2 atom stereocenters. The van der Waals surface area contributed by atoms with Crippen LogP contribution in [0, 0.1) is 0 Å². The van der Waals surface area contributed by atoms with Crippen molar-refractivity contribution < 1.29 is 14.3 Å². The summed E-state index contributed by atoms with van der Waals surface area (Å²) in [6.45, 7) is 2.07. The van der Waals surface area contributed by atoms with Crippen LogP contribution in [0.2, 0.25) is 0 Å². The van der Waals surface area contributed by atoms with Crippen molar-refractivity contribution in [3.8, 4) is 11.5 Å². The fourth-order valence-corrected chi connectivity index (χ4v) is 4.75. The van der Waals surface area contributed by atoms with Crippen LogP contribution in [0.15, 0.2) is 79.0 Å². The van der Waals surface area contributed by atoms with Crippen molar-refractivity contribution >= 4 is 16.8 Å². The Morgan fingerprint density at radius 1 is 0.943 bits per heavy atom. The molecule has 0 spiro atoms. The van der Waals surface area contributed by atoms with Crippen LogP contribution in [0.5, 0.6) is 11.5 Å². The van der Waals surface area contributed by atoms with Gasteiger partial charge in [0.05, 0.1) is 14.2 Å². The van der Waals surface area contributed by atoms with Gasteiger partial charge < -0.3 is 19.4 Å². The van der Waals surface area contributed by atoms with Crippen molar-refractivity contribution in [1.29, 1.82) is 0 Å². The molecule has 3 aromatic carbocycles. The second kappa shape index (κ2) is 11.1. The predicted molar refractivity (Wildman–Crippen MR) is 141 cm³/mol. The first-order valence-corrected chi connectivity index (χ1v) is 12.1. The number of nitrogens with zero attached hydrogens (tertiary/aromatic N) is 1. The number of aryl methyl sites for hydroxylation is 2. The first kappa shape index (κ1) is 24.4. The first-order chi connectivity index (χ1) is 17.0. The molecule has 0 radical (unpaired) electrons. The number of carbonyl (C=O) groups is 1. The van der Waals surface area contributed by atoms with E-state index in [0.717, 1.165) is 34.9 Å². The number of methoxy groups -OCH3 is 2. The van der Waals surface area contributed by atoms with E-state index >= 15 is 0 Å². The summed E-state index contributed by atoms with van der Waals surface area (Å²) >= 11 is 0. The van der Waals surface area contributed by atoms with Crippen molar-refractivity contribution in [3.05, 3.63) is 95.7 Å². The quantitative estimate of drug-likeness (QED) is 0.316. The molecule has 5 heteroatoms. The molecule has 1 aromatic heterocycles. The molecule has 1 N–H and O–H groups in total. The fraction of sp³-hybridized carbons (Fsp3) is 0.300. The van der Waals surface area contributed by atoms with Gasteiger partial charge in [0.2, 0.25) is 5.91 Å². The topological polar surface area (TPSA) is 52.5 Å². The van der Waals surface area contributed by atoms with Crippen LogP contribution in [0.4, 0.5) is 0 Å². The summed E-state index contributed by atoms with van der Waals surface area (Å²) in [6.07, 6.45) is 4.31. The number of carbonyl (C=O) groups excluding carboxylic acids is 1. The number of para-hydroxylation sites is 1. The minimum absolute atomic E-state index is 0.0401. The van der Waals surface area contributed by atoms with Gasteiger partial charge in [-0.05, 0) is 54.7 Å². The molecule has 0 fully saturated rings. The molecule has 0 unspecified atom stereocenters. The highest BCUT2D eigenvalue weighted by molar-refractivity contribution is 5.86. The van der Waals surface area contributed by atoms with Crippen LogP contribution < -0.4 is 14.8 Å². The highest BCUT2D eigenvalue weighted by atomic mass is 16.5. The molecule has 0 aliphatic heterocycles. The van der Waals surface area contributed by atoms with Crippen molar-refractivity contribution in [2.45, 2.75) is 38.1 Å². The molecular weight excluding hydrogens is 436 g/mol. The van der Waals surface area contributed by atoms with Crippen molar-refractivity contribution in [1.82, 2.24) is 9.88 Å².